The number of hydrogen-bond donors (Lipinski definition) is 0. The van der Waals surface area contributed by atoms with Crippen LogP contribution in [0.15, 0.2) is 43.2 Å². The molecule has 1 unspecified atom stereocenters. The molecule has 9 heteroatoms. The summed E-state index contributed by atoms with van der Waals surface area (Å²) in [6.45, 7) is 3.44. The summed E-state index contributed by atoms with van der Waals surface area (Å²) in [6.07, 6.45) is -1.38. The Balaban J connectivity index is 2.24. The SMILES string of the molecule is CCOC(=O)C1=C(OCC)C(=O)OC1c1c(Cl)c2cc(Br)ccc2oc1=O. The lowest BCUT2D eigenvalue weighted by Crippen LogP contribution is -2.20. The molecule has 3 rings (SSSR count). The van der Waals surface area contributed by atoms with Crippen molar-refractivity contribution in [3.8, 4) is 0 Å². The quantitative estimate of drug-likeness (QED) is 0.500. The van der Waals surface area contributed by atoms with Crippen LogP contribution in [0.4, 0.5) is 0 Å². The summed E-state index contributed by atoms with van der Waals surface area (Å²) in [7, 11) is 0. The van der Waals surface area contributed by atoms with Crippen LogP contribution in [0.1, 0.15) is 25.5 Å². The number of cyclic esters (lactones) is 1. The molecule has 0 N–H and O–H groups in total. The monoisotopic (exact) mass is 456 g/mol. The zero-order valence-electron chi connectivity index (χ0n) is 14.3. The summed E-state index contributed by atoms with van der Waals surface area (Å²) < 4.78 is 21.5. The van der Waals surface area contributed by atoms with E-state index < -0.39 is 23.7 Å². The van der Waals surface area contributed by atoms with Crippen LogP contribution in [0.2, 0.25) is 5.02 Å². The van der Waals surface area contributed by atoms with Crippen LogP contribution in [-0.4, -0.2) is 25.2 Å². The highest BCUT2D eigenvalue weighted by atomic mass is 79.9. The fraction of sp³-hybridized carbons (Fsp3) is 0.278. The summed E-state index contributed by atoms with van der Waals surface area (Å²) in [5, 5.41) is 0.435. The van der Waals surface area contributed by atoms with Gasteiger partial charge in [0.05, 0.1) is 18.2 Å². The maximum atomic E-state index is 12.6. The Morgan fingerprint density at radius 1 is 1.26 bits per heavy atom. The highest BCUT2D eigenvalue weighted by Crippen LogP contribution is 2.40. The van der Waals surface area contributed by atoms with Crippen LogP contribution in [-0.2, 0) is 23.8 Å². The van der Waals surface area contributed by atoms with E-state index in [9.17, 15) is 14.4 Å². The van der Waals surface area contributed by atoms with Crippen LogP contribution in [0.3, 0.4) is 0 Å². The molecule has 1 aromatic carbocycles. The molecule has 0 amide bonds. The molecule has 0 saturated carbocycles. The summed E-state index contributed by atoms with van der Waals surface area (Å²) in [4.78, 5) is 37.2. The number of ether oxygens (including phenoxy) is 3. The minimum atomic E-state index is -1.38. The second-order valence-corrected chi connectivity index (χ2v) is 6.73. The van der Waals surface area contributed by atoms with Gasteiger partial charge in [-0.15, -0.1) is 0 Å². The van der Waals surface area contributed by atoms with Gasteiger partial charge in [0.2, 0.25) is 5.76 Å². The van der Waals surface area contributed by atoms with Crippen molar-refractivity contribution >= 4 is 50.4 Å². The third-order valence-corrected chi connectivity index (χ3v) is 4.70. The second kappa shape index (κ2) is 7.74. The first kappa shape index (κ1) is 19.4. The third-order valence-electron chi connectivity index (χ3n) is 3.80. The molecule has 0 saturated heterocycles. The zero-order chi connectivity index (χ0) is 19.7. The third kappa shape index (κ3) is 3.46. The van der Waals surface area contributed by atoms with Gasteiger partial charge in [-0.3, -0.25) is 0 Å². The molecule has 0 spiro atoms. The lowest BCUT2D eigenvalue weighted by Gasteiger charge is -2.14. The summed E-state index contributed by atoms with van der Waals surface area (Å²) in [6, 6.07) is 4.91. The molecular weight excluding hydrogens is 444 g/mol. The minimum absolute atomic E-state index is 0.0138. The Labute approximate surface area is 167 Å². The first-order valence-corrected chi connectivity index (χ1v) is 9.22. The normalized spacial score (nSPS) is 16.6. The van der Waals surface area contributed by atoms with Crippen molar-refractivity contribution in [3.63, 3.8) is 0 Å². The minimum Gasteiger partial charge on any atom is -0.486 e. The summed E-state index contributed by atoms with van der Waals surface area (Å²) in [5.41, 5.74) is -0.958. The van der Waals surface area contributed by atoms with Gasteiger partial charge in [0.25, 0.3) is 0 Å². The van der Waals surface area contributed by atoms with E-state index in [2.05, 4.69) is 15.9 Å². The maximum Gasteiger partial charge on any atom is 0.375 e. The first-order valence-electron chi connectivity index (χ1n) is 8.05. The van der Waals surface area contributed by atoms with E-state index in [1.807, 2.05) is 0 Å². The van der Waals surface area contributed by atoms with Crippen molar-refractivity contribution in [2.45, 2.75) is 20.0 Å². The van der Waals surface area contributed by atoms with Crippen LogP contribution < -0.4 is 5.63 Å². The van der Waals surface area contributed by atoms with Crippen molar-refractivity contribution in [2.75, 3.05) is 13.2 Å². The van der Waals surface area contributed by atoms with Crippen molar-refractivity contribution in [2.24, 2.45) is 0 Å². The smallest absolute Gasteiger partial charge is 0.375 e. The Morgan fingerprint density at radius 2 is 2.00 bits per heavy atom. The van der Waals surface area contributed by atoms with Gasteiger partial charge in [-0.2, -0.15) is 0 Å². The highest BCUT2D eigenvalue weighted by molar-refractivity contribution is 9.10. The molecule has 1 aliphatic rings. The van der Waals surface area contributed by atoms with E-state index in [1.54, 1.807) is 32.0 Å². The number of fused-ring (bicyclic) bond motifs is 1. The molecule has 1 aliphatic heterocycles. The molecule has 0 bridgehead atoms. The molecule has 1 aromatic heterocycles. The van der Waals surface area contributed by atoms with Gasteiger partial charge in [0.15, 0.2) is 6.10 Å². The van der Waals surface area contributed by atoms with Gasteiger partial charge in [0, 0.05) is 9.86 Å². The molecule has 0 radical (unpaired) electrons. The number of benzene rings is 1. The van der Waals surface area contributed by atoms with E-state index in [0.717, 1.165) is 0 Å². The number of rotatable bonds is 5. The van der Waals surface area contributed by atoms with Crippen molar-refractivity contribution < 1.29 is 28.2 Å². The zero-order valence-corrected chi connectivity index (χ0v) is 16.7. The number of carbonyl (C=O) groups excluding carboxylic acids is 2. The van der Waals surface area contributed by atoms with Crippen molar-refractivity contribution in [3.05, 3.63) is 55.0 Å². The van der Waals surface area contributed by atoms with Gasteiger partial charge in [0.1, 0.15) is 16.7 Å². The van der Waals surface area contributed by atoms with Gasteiger partial charge >= 0.3 is 17.6 Å². The van der Waals surface area contributed by atoms with E-state index >= 15 is 0 Å². The fourth-order valence-electron chi connectivity index (χ4n) is 2.72. The summed E-state index contributed by atoms with van der Waals surface area (Å²) in [5.74, 6) is -2.01. The molecule has 1 atom stereocenters. The molecule has 142 valence electrons. The van der Waals surface area contributed by atoms with E-state index in [-0.39, 0.29) is 40.7 Å². The average Bonchev–Trinajstić information content (AvgIpc) is 2.93. The Kier molecular flexibility index (Phi) is 5.57. The largest absolute Gasteiger partial charge is 0.486 e. The molecule has 0 aliphatic carbocycles. The van der Waals surface area contributed by atoms with Gasteiger partial charge in [-0.1, -0.05) is 27.5 Å². The molecule has 0 fully saturated rings. The molecule has 27 heavy (non-hydrogen) atoms. The topological polar surface area (TPSA) is 92.0 Å². The predicted octanol–water partition coefficient (Wildman–Crippen LogP) is 3.66. The van der Waals surface area contributed by atoms with Crippen LogP contribution >= 0.6 is 27.5 Å². The molecule has 2 heterocycles. The Bertz CT molecular complexity index is 1020. The number of hydrogen-bond acceptors (Lipinski definition) is 7. The molecular formula is C18H14BrClO7. The van der Waals surface area contributed by atoms with E-state index in [4.69, 9.17) is 30.2 Å². The fourth-order valence-corrected chi connectivity index (χ4v) is 3.40. The summed E-state index contributed by atoms with van der Waals surface area (Å²) >= 11 is 9.75. The van der Waals surface area contributed by atoms with Gasteiger partial charge in [-0.05, 0) is 32.0 Å². The number of esters is 2. The van der Waals surface area contributed by atoms with Crippen LogP contribution in [0.25, 0.3) is 11.0 Å². The van der Waals surface area contributed by atoms with Gasteiger partial charge in [-0.25, -0.2) is 14.4 Å². The Morgan fingerprint density at radius 3 is 2.67 bits per heavy atom. The van der Waals surface area contributed by atoms with Crippen molar-refractivity contribution in [1.82, 2.24) is 0 Å². The number of carbonyl (C=O) groups is 2. The number of halogens is 2. The molecule has 2 aromatic rings. The maximum absolute atomic E-state index is 12.6. The highest BCUT2D eigenvalue weighted by Gasteiger charge is 2.44. The van der Waals surface area contributed by atoms with Crippen molar-refractivity contribution in [1.29, 1.82) is 0 Å². The predicted molar refractivity (Wildman–Crippen MR) is 99.3 cm³/mol. The molecule has 7 nitrogen and oxygen atoms in total. The lowest BCUT2D eigenvalue weighted by molar-refractivity contribution is -0.143. The standard InChI is InChI=1S/C18H14BrClO7/c1-3-24-15-12(16(21)25-4-2)14(27-18(15)23)11-13(20)9-7-8(19)5-6-10(9)26-17(11)22/h5-7,14H,3-4H2,1-2H3. The van der Waals surface area contributed by atoms with Gasteiger partial charge < -0.3 is 18.6 Å². The van der Waals surface area contributed by atoms with E-state index in [0.29, 0.717) is 9.86 Å². The van der Waals surface area contributed by atoms with Crippen LogP contribution in [0, 0.1) is 0 Å². The lowest BCUT2D eigenvalue weighted by atomic mass is 10.0. The second-order valence-electron chi connectivity index (χ2n) is 5.44. The Hall–Kier alpha value is -2.32. The average molecular weight is 458 g/mol. The van der Waals surface area contributed by atoms with E-state index in [1.165, 1.54) is 0 Å². The first-order chi connectivity index (χ1) is 12.9. The van der Waals surface area contributed by atoms with Crippen LogP contribution in [0.5, 0.6) is 0 Å².